The number of pyridine rings is 1. The van der Waals surface area contributed by atoms with E-state index in [0.29, 0.717) is 10.8 Å². The van der Waals surface area contributed by atoms with Crippen LogP contribution in [0.15, 0.2) is 30.7 Å². The summed E-state index contributed by atoms with van der Waals surface area (Å²) in [5.74, 6) is 3.85. The van der Waals surface area contributed by atoms with Gasteiger partial charge in [-0.25, -0.2) is 15.0 Å². The van der Waals surface area contributed by atoms with Crippen molar-refractivity contribution in [1.82, 2.24) is 15.0 Å². The summed E-state index contributed by atoms with van der Waals surface area (Å²) in [4.78, 5) is 27.4. The molecule has 0 bridgehead atoms. The number of nitrogens with one attached hydrogen (secondary N) is 2. The van der Waals surface area contributed by atoms with Crippen LogP contribution in [-0.2, 0) is 4.79 Å². The fraction of sp³-hybridized carbons (Fsp3) is 0.583. The van der Waals surface area contributed by atoms with E-state index < -0.39 is 5.41 Å². The van der Waals surface area contributed by atoms with Crippen LogP contribution in [0.1, 0.15) is 46.5 Å². The van der Waals surface area contributed by atoms with Crippen molar-refractivity contribution in [3.8, 4) is 0 Å². The van der Waals surface area contributed by atoms with Crippen LogP contribution in [0.2, 0.25) is 5.02 Å². The van der Waals surface area contributed by atoms with Crippen LogP contribution in [0, 0.1) is 23.2 Å². The number of halogens is 1. The van der Waals surface area contributed by atoms with Crippen molar-refractivity contribution in [2.24, 2.45) is 23.2 Å². The number of amides is 1. The molecule has 1 amide bonds. The molecular formula is C24H33ClN6O. The summed E-state index contributed by atoms with van der Waals surface area (Å²) in [6, 6.07) is 3.83. The lowest BCUT2D eigenvalue weighted by molar-refractivity contribution is -0.123. The molecule has 1 saturated carbocycles. The fourth-order valence-electron chi connectivity index (χ4n) is 4.45. The number of piperidine rings is 1. The smallest absolute Gasteiger partial charge is 0.230 e. The van der Waals surface area contributed by atoms with E-state index in [9.17, 15) is 4.79 Å². The highest BCUT2D eigenvalue weighted by atomic mass is 35.5. The molecule has 0 aromatic carbocycles. The molecule has 2 aromatic rings. The maximum absolute atomic E-state index is 12.1. The zero-order valence-electron chi connectivity index (χ0n) is 19.1. The third kappa shape index (κ3) is 5.88. The average molecular weight is 457 g/mol. The third-order valence-electron chi connectivity index (χ3n) is 6.54. The van der Waals surface area contributed by atoms with Crippen molar-refractivity contribution in [2.75, 3.05) is 35.2 Å². The molecular weight excluding hydrogens is 424 g/mol. The SMILES string of the molecule is CC(C)(C)C(=O)Nc1ccc(NCC[C@@H]2C[C@@H]2C2CCN(c3ncc(Cl)cn3)CC2)cn1. The molecule has 0 spiro atoms. The van der Waals surface area contributed by atoms with Crippen molar-refractivity contribution in [1.29, 1.82) is 0 Å². The molecule has 2 fully saturated rings. The molecule has 32 heavy (non-hydrogen) atoms. The van der Waals surface area contributed by atoms with Crippen molar-refractivity contribution in [2.45, 2.75) is 46.5 Å². The molecule has 1 aliphatic heterocycles. The summed E-state index contributed by atoms with van der Waals surface area (Å²) in [5, 5.41) is 6.91. The molecule has 2 atom stereocenters. The molecule has 0 unspecified atom stereocenters. The normalized spacial score (nSPS) is 21.3. The van der Waals surface area contributed by atoms with Gasteiger partial charge in [-0.3, -0.25) is 4.79 Å². The Morgan fingerprint density at radius 2 is 1.84 bits per heavy atom. The van der Waals surface area contributed by atoms with Gasteiger partial charge >= 0.3 is 0 Å². The molecule has 0 radical (unpaired) electrons. The first-order valence-electron chi connectivity index (χ1n) is 11.5. The molecule has 2 N–H and O–H groups in total. The average Bonchev–Trinajstić information content (AvgIpc) is 3.54. The predicted molar refractivity (Wildman–Crippen MR) is 129 cm³/mol. The topological polar surface area (TPSA) is 83.0 Å². The van der Waals surface area contributed by atoms with Crippen LogP contribution in [0.25, 0.3) is 0 Å². The van der Waals surface area contributed by atoms with Crippen molar-refractivity contribution >= 4 is 35.0 Å². The van der Waals surface area contributed by atoms with Gasteiger partial charge in [-0.2, -0.15) is 0 Å². The molecule has 7 nitrogen and oxygen atoms in total. The number of hydrogen-bond acceptors (Lipinski definition) is 6. The van der Waals surface area contributed by atoms with Crippen LogP contribution in [0.5, 0.6) is 0 Å². The van der Waals surface area contributed by atoms with Gasteiger partial charge in [0.05, 0.1) is 29.3 Å². The molecule has 3 heterocycles. The number of anilines is 3. The van der Waals surface area contributed by atoms with Gasteiger partial charge in [-0.1, -0.05) is 32.4 Å². The van der Waals surface area contributed by atoms with E-state index in [1.54, 1.807) is 18.6 Å². The Morgan fingerprint density at radius 3 is 2.47 bits per heavy atom. The standard InChI is InChI=1S/C24H33ClN6O/c1-24(2,3)22(32)30-21-5-4-19(15-27-21)26-9-6-17-12-20(17)16-7-10-31(11-8-16)23-28-13-18(25)14-29-23/h4-5,13-17,20,26H,6-12H2,1-3H3,(H,27,30,32)/t17-,20-/m1/s1. The van der Waals surface area contributed by atoms with Crippen LogP contribution < -0.4 is 15.5 Å². The minimum Gasteiger partial charge on any atom is -0.384 e. The first kappa shape index (κ1) is 22.8. The number of aromatic nitrogens is 3. The van der Waals surface area contributed by atoms with E-state index in [1.807, 2.05) is 32.9 Å². The zero-order chi connectivity index (χ0) is 22.7. The Labute approximate surface area is 195 Å². The first-order valence-corrected chi connectivity index (χ1v) is 11.9. The van der Waals surface area contributed by atoms with Crippen LogP contribution in [0.3, 0.4) is 0 Å². The summed E-state index contributed by atoms with van der Waals surface area (Å²) < 4.78 is 0. The van der Waals surface area contributed by atoms with Gasteiger partial charge in [-0.05, 0) is 55.6 Å². The van der Waals surface area contributed by atoms with E-state index in [-0.39, 0.29) is 5.91 Å². The van der Waals surface area contributed by atoms with E-state index in [2.05, 4.69) is 30.5 Å². The molecule has 172 valence electrons. The van der Waals surface area contributed by atoms with E-state index in [1.165, 1.54) is 25.7 Å². The molecule has 2 aliphatic rings. The Bertz CT molecular complexity index is 904. The second kappa shape index (κ2) is 9.61. The summed E-state index contributed by atoms with van der Waals surface area (Å²) >= 11 is 5.89. The van der Waals surface area contributed by atoms with Gasteiger partial charge in [-0.15, -0.1) is 0 Å². The molecule has 8 heteroatoms. The Morgan fingerprint density at radius 1 is 1.12 bits per heavy atom. The lowest BCUT2D eigenvalue weighted by atomic mass is 9.90. The maximum Gasteiger partial charge on any atom is 0.230 e. The van der Waals surface area contributed by atoms with Crippen LogP contribution in [-0.4, -0.2) is 40.5 Å². The van der Waals surface area contributed by atoms with Gasteiger partial charge < -0.3 is 15.5 Å². The highest BCUT2D eigenvalue weighted by molar-refractivity contribution is 6.30. The van der Waals surface area contributed by atoms with Gasteiger partial charge in [0.25, 0.3) is 0 Å². The summed E-state index contributed by atoms with van der Waals surface area (Å²) in [6.07, 6.45) is 10.1. The monoisotopic (exact) mass is 456 g/mol. The number of nitrogens with zero attached hydrogens (tertiary/aromatic N) is 4. The lowest BCUT2D eigenvalue weighted by Gasteiger charge is -2.32. The predicted octanol–water partition coefficient (Wildman–Crippen LogP) is 4.86. The van der Waals surface area contributed by atoms with Crippen LogP contribution >= 0.6 is 11.6 Å². The Hall–Kier alpha value is -2.41. The zero-order valence-corrected chi connectivity index (χ0v) is 19.9. The van der Waals surface area contributed by atoms with Gasteiger partial charge in [0.1, 0.15) is 5.82 Å². The van der Waals surface area contributed by atoms with Crippen LogP contribution in [0.4, 0.5) is 17.5 Å². The maximum atomic E-state index is 12.1. The molecule has 4 rings (SSSR count). The number of carbonyl (C=O) groups is 1. The second-order valence-corrected chi connectivity index (χ2v) is 10.5. The number of rotatable bonds is 7. The molecule has 2 aromatic heterocycles. The first-order chi connectivity index (χ1) is 15.3. The minimum absolute atomic E-state index is 0.0305. The van der Waals surface area contributed by atoms with E-state index >= 15 is 0 Å². The quantitative estimate of drug-likeness (QED) is 0.618. The van der Waals surface area contributed by atoms with E-state index in [0.717, 1.165) is 49.0 Å². The van der Waals surface area contributed by atoms with Crippen molar-refractivity contribution in [3.63, 3.8) is 0 Å². The Balaban J connectivity index is 1.15. The minimum atomic E-state index is -0.431. The van der Waals surface area contributed by atoms with Gasteiger partial charge in [0.15, 0.2) is 0 Å². The summed E-state index contributed by atoms with van der Waals surface area (Å²) in [6.45, 7) is 8.67. The van der Waals surface area contributed by atoms with E-state index in [4.69, 9.17) is 11.6 Å². The number of carbonyl (C=O) groups excluding carboxylic acids is 1. The summed E-state index contributed by atoms with van der Waals surface area (Å²) in [7, 11) is 0. The second-order valence-electron chi connectivity index (χ2n) is 10.0. The highest BCUT2D eigenvalue weighted by Gasteiger charge is 2.43. The highest BCUT2D eigenvalue weighted by Crippen LogP contribution is 2.49. The van der Waals surface area contributed by atoms with Crippen molar-refractivity contribution < 1.29 is 4.79 Å². The number of hydrogen-bond donors (Lipinski definition) is 2. The van der Waals surface area contributed by atoms with Gasteiger partial charge in [0, 0.05) is 25.0 Å². The lowest BCUT2D eigenvalue weighted by Crippen LogP contribution is -2.35. The fourth-order valence-corrected chi connectivity index (χ4v) is 4.55. The van der Waals surface area contributed by atoms with Crippen molar-refractivity contribution in [3.05, 3.63) is 35.7 Å². The Kier molecular flexibility index (Phi) is 6.84. The van der Waals surface area contributed by atoms with Gasteiger partial charge in [0.2, 0.25) is 11.9 Å². The summed E-state index contributed by atoms with van der Waals surface area (Å²) in [5.41, 5.74) is 0.562. The third-order valence-corrected chi connectivity index (χ3v) is 6.74. The molecule has 1 aliphatic carbocycles. The largest absolute Gasteiger partial charge is 0.384 e. The molecule has 1 saturated heterocycles.